The number of carbonyl (C=O) groups is 1. The highest BCUT2D eigenvalue weighted by molar-refractivity contribution is 6.74. The lowest BCUT2D eigenvalue weighted by molar-refractivity contribution is -0.141. The van der Waals surface area contributed by atoms with Gasteiger partial charge in [0, 0.05) is 30.6 Å². The Hall–Kier alpha value is -1.96. The summed E-state index contributed by atoms with van der Waals surface area (Å²) in [6.45, 7) is 13.3. The van der Waals surface area contributed by atoms with Crippen LogP contribution in [0.3, 0.4) is 0 Å². The molecule has 6 nitrogen and oxygen atoms in total. The number of fused-ring (bicyclic) bond motifs is 4. The third-order valence-electron chi connectivity index (χ3n) is 8.24. The number of piperidine rings is 3. The van der Waals surface area contributed by atoms with Crippen molar-refractivity contribution in [2.24, 2.45) is 11.8 Å². The van der Waals surface area contributed by atoms with Gasteiger partial charge in [0.05, 0.1) is 18.7 Å². The molecular formula is C26H38N2O4Si. The molecule has 3 saturated heterocycles. The third-order valence-corrected chi connectivity index (χ3v) is 12.7. The second-order valence-corrected chi connectivity index (χ2v) is 16.0. The number of nitrogens with zero attached hydrogens (tertiary/aromatic N) is 2. The quantitative estimate of drug-likeness (QED) is 0.540. The number of methoxy groups -OCH3 is 1. The molecule has 1 aromatic heterocycles. The van der Waals surface area contributed by atoms with E-state index in [4.69, 9.17) is 9.16 Å². The number of carboxylic acids is 1. The van der Waals surface area contributed by atoms with Gasteiger partial charge in [0.15, 0.2) is 8.32 Å². The van der Waals surface area contributed by atoms with Crippen molar-refractivity contribution in [3.63, 3.8) is 0 Å². The second-order valence-electron chi connectivity index (χ2n) is 11.3. The summed E-state index contributed by atoms with van der Waals surface area (Å²) in [5, 5.41) is 10.6. The van der Waals surface area contributed by atoms with Crippen LogP contribution in [0.4, 0.5) is 0 Å². The van der Waals surface area contributed by atoms with E-state index in [1.165, 1.54) is 0 Å². The van der Waals surface area contributed by atoms with Crippen LogP contribution >= 0.6 is 0 Å². The van der Waals surface area contributed by atoms with Gasteiger partial charge in [-0.1, -0.05) is 20.8 Å². The highest BCUT2D eigenvalue weighted by Crippen LogP contribution is 2.47. The summed E-state index contributed by atoms with van der Waals surface area (Å²) in [5.41, 5.74) is 2.10. The molecule has 0 spiro atoms. The first-order valence-electron chi connectivity index (χ1n) is 12.1. The van der Waals surface area contributed by atoms with Crippen LogP contribution in [0.25, 0.3) is 10.9 Å². The van der Waals surface area contributed by atoms with E-state index in [0.717, 1.165) is 48.1 Å². The van der Waals surface area contributed by atoms with Crippen molar-refractivity contribution in [2.75, 3.05) is 20.2 Å². The van der Waals surface area contributed by atoms with Crippen LogP contribution in [0.1, 0.15) is 51.7 Å². The Labute approximate surface area is 198 Å². The van der Waals surface area contributed by atoms with Gasteiger partial charge < -0.3 is 14.3 Å². The van der Waals surface area contributed by atoms with Crippen molar-refractivity contribution in [3.8, 4) is 5.75 Å². The number of hydrogen-bond acceptors (Lipinski definition) is 5. The third kappa shape index (κ3) is 4.81. The van der Waals surface area contributed by atoms with Crippen LogP contribution < -0.4 is 4.74 Å². The molecule has 4 heterocycles. The number of pyridine rings is 1. The number of aliphatic carboxylic acids is 1. The Morgan fingerprint density at radius 3 is 2.67 bits per heavy atom. The van der Waals surface area contributed by atoms with Crippen LogP contribution in [-0.4, -0.2) is 55.5 Å². The molecule has 3 fully saturated rings. The molecule has 5 atom stereocenters. The molecule has 2 bridgehead atoms. The molecule has 1 N–H and O–H groups in total. The van der Waals surface area contributed by atoms with Gasteiger partial charge in [0.2, 0.25) is 0 Å². The fraction of sp³-hybridized carbons (Fsp3) is 0.615. The van der Waals surface area contributed by atoms with Crippen molar-refractivity contribution in [1.29, 1.82) is 0 Å². The zero-order valence-electron chi connectivity index (χ0n) is 20.8. The number of rotatable bonds is 7. The second kappa shape index (κ2) is 9.00. The lowest BCUT2D eigenvalue weighted by Crippen LogP contribution is -2.57. The number of benzene rings is 1. The van der Waals surface area contributed by atoms with Crippen LogP contribution in [0.5, 0.6) is 5.75 Å². The van der Waals surface area contributed by atoms with Crippen molar-refractivity contribution < 1.29 is 19.1 Å². The first kappa shape index (κ1) is 24.2. The molecule has 0 amide bonds. The van der Waals surface area contributed by atoms with E-state index in [9.17, 15) is 9.90 Å². The molecule has 33 heavy (non-hydrogen) atoms. The van der Waals surface area contributed by atoms with E-state index in [1.807, 2.05) is 18.3 Å². The highest BCUT2D eigenvalue weighted by Gasteiger charge is 2.48. The van der Waals surface area contributed by atoms with Crippen LogP contribution in [0.2, 0.25) is 18.1 Å². The van der Waals surface area contributed by atoms with Gasteiger partial charge in [-0.2, -0.15) is 0 Å². The summed E-state index contributed by atoms with van der Waals surface area (Å²) in [7, 11) is -0.397. The van der Waals surface area contributed by atoms with Crippen LogP contribution in [0, 0.1) is 11.8 Å². The molecule has 1 aromatic carbocycles. The average Bonchev–Trinajstić information content (AvgIpc) is 2.76. The topological polar surface area (TPSA) is 71.9 Å². The van der Waals surface area contributed by atoms with E-state index in [2.05, 4.69) is 55.9 Å². The fourth-order valence-corrected chi connectivity index (χ4v) is 6.59. The largest absolute Gasteiger partial charge is 0.497 e. The first-order chi connectivity index (χ1) is 15.5. The highest BCUT2D eigenvalue weighted by atomic mass is 28.4. The summed E-state index contributed by atoms with van der Waals surface area (Å²) in [5.74, 6) is 0.793. The summed E-state index contributed by atoms with van der Waals surface area (Å²) < 4.78 is 12.7. The molecule has 0 radical (unpaired) electrons. The fourth-order valence-electron chi connectivity index (χ4n) is 5.32. The average molecular weight is 471 g/mol. The van der Waals surface area contributed by atoms with E-state index in [1.54, 1.807) is 7.11 Å². The smallest absolute Gasteiger partial charge is 0.303 e. The monoisotopic (exact) mass is 470 g/mol. The molecule has 0 aliphatic carbocycles. The van der Waals surface area contributed by atoms with Crippen molar-refractivity contribution >= 4 is 25.2 Å². The minimum Gasteiger partial charge on any atom is -0.497 e. The molecule has 3 aliphatic rings. The Bertz CT molecular complexity index is 1020. The molecule has 0 saturated carbocycles. The SMILES string of the molecule is COc1ccc2nccc([C@H](O[Si](C)(C)C(C)(C)C)[C@H]3C[C@@H]4CCN3C[C@@H]4CC(=O)O)c2c1. The lowest BCUT2D eigenvalue weighted by atomic mass is 9.72. The maximum atomic E-state index is 11.4. The normalized spacial score (nSPS) is 26.4. The molecule has 3 aliphatic heterocycles. The van der Waals surface area contributed by atoms with E-state index in [-0.39, 0.29) is 29.5 Å². The molecule has 180 valence electrons. The predicted molar refractivity (Wildman–Crippen MR) is 133 cm³/mol. The Balaban J connectivity index is 1.76. The van der Waals surface area contributed by atoms with E-state index in [0.29, 0.717) is 5.92 Å². The summed E-state index contributed by atoms with van der Waals surface area (Å²) in [6.07, 6.45) is 4.11. The predicted octanol–water partition coefficient (Wildman–Crippen LogP) is 5.49. The maximum absolute atomic E-state index is 11.4. The summed E-state index contributed by atoms with van der Waals surface area (Å²) in [6, 6.07) is 8.38. The Kier molecular flexibility index (Phi) is 6.59. The Morgan fingerprint density at radius 2 is 2.06 bits per heavy atom. The van der Waals surface area contributed by atoms with Gasteiger partial charge >= 0.3 is 5.97 Å². The van der Waals surface area contributed by atoms with Gasteiger partial charge in [-0.05, 0) is 79.2 Å². The zero-order valence-corrected chi connectivity index (χ0v) is 21.8. The molecule has 7 heteroatoms. The van der Waals surface area contributed by atoms with Crippen molar-refractivity contribution in [2.45, 2.75) is 70.3 Å². The van der Waals surface area contributed by atoms with Crippen LogP contribution in [-0.2, 0) is 9.22 Å². The molecule has 5 rings (SSSR count). The van der Waals surface area contributed by atoms with Gasteiger partial charge in [0.25, 0.3) is 0 Å². The zero-order chi connectivity index (χ0) is 24.0. The first-order valence-corrected chi connectivity index (χ1v) is 15.0. The van der Waals surface area contributed by atoms with Crippen molar-refractivity contribution in [1.82, 2.24) is 9.88 Å². The number of carboxylic acid groups (broad SMARTS) is 1. The van der Waals surface area contributed by atoms with E-state index >= 15 is 0 Å². The summed E-state index contributed by atoms with van der Waals surface area (Å²) >= 11 is 0. The number of aromatic nitrogens is 1. The van der Waals surface area contributed by atoms with Crippen molar-refractivity contribution in [3.05, 3.63) is 36.0 Å². The lowest BCUT2D eigenvalue weighted by Gasteiger charge is -2.53. The Morgan fingerprint density at radius 1 is 1.30 bits per heavy atom. The molecular weight excluding hydrogens is 432 g/mol. The molecule has 1 unspecified atom stereocenters. The van der Waals surface area contributed by atoms with Gasteiger partial charge in [0.1, 0.15) is 5.75 Å². The van der Waals surface area contributed by atoms with Crippen LogP contribution in [0.15, 0.2) is 30.5 Å². The van der Waals surface area contributed by atoms with Gasteiger partial charge in [-0.25, -0.2) is 0 Å². The van der Waals surface area contributed by atoms with Gasteiger partial charge in [-0.3, -0.25) is 14.7 Å². The standard InChI is InChI=1S/C26H38N2O4Si/c1-26(2,3)33(5,6)32-25(20-9-11-27-22-8-7-19(31-4)15-21(20)22)23-13-17-10-12-28(23)16-18(17)14-24(29)30/h7-9,11,15,17-18,23,25H,10,12-14,16H2,1-6H3,(H,29,30)/t17-,18-,23+,25-/m0/s1. The van der Waals surface area contributed by atoms with E-state index < -0.39 is 14.3 Å². The number of ether oxygens (including phenoxy) is 1. The summed E-state index contributed by atoms with van der Waals surface area (Å²) in [4.78, 5) is 18.5. The van der Waals surface area contributed by atoms with Gasteiger partial charge in [-0.15, -0.1) is 0 Å². The minimum atomic E-state index is -2.09. The minimum absolute atomic E-state index is 0.0840. The molecule has 2 aromatic rings. The maximum Gasteiger partial charge on any atom is 0.303 e. The number of hydrogen-bond donors (Lipinski definition) is 1.